The largest absolute Gasteiger partial charge is 0.462 e. The molecule has 0 rings (SSSR count). The molecule has 0 saturated carbocycles. The van der Waals surface area contributed by atoms with Gasteiger partial charge in [-0.1, -0.05) is 32.6 Å². The fraction of sp³-hybridized carbons (Fsp3) is 0.941. The summed E-state index contributed by atoms with van der Waals surface area (Å²) in [4.78, 5) is 12.1. The van der Waals surface area contributed by atoms with E-state index in [9.17, 15) is 13.6 Å². The van der Waals surface area contributed by atoms with Crippen molar-refractivity contribution in [3.05, 3.63) is 0 Å². The molecule has 0 saturated heterocycles. The lowest BCUT2D eigenvalue weighted by Gasteiger charge is -2.17. The number of thioether (sulfide) groups is 1. The number of halogens is 2. The van der Waals surface area contributed by atoms with Gasteiger partial charge >= 0.3 is 5.97 Å². The zero-order chi connectivity index (χ0) is 17.0. The Labute approximate surface area is 138 Å². The van der Waals surface area contributed by atoms with Gasteiger partial charge in [0.2, 0.25) is 5.92 Å². The van der Waals surface area contributed by atoms with Crippen molar-refractivity contribution in [2.24, 2.45) is 0 Å². The zero-order valence-electron chi connectivity index (χ0n) is 14.5. The molecule has 0 aliphatic heterocycles. The fourth-order valence-corrected chi connectivity index (χ4v) is 3.28. The summed E-state index contributed by atoms with van der Waals surface area (Å²) < 4.78 is 30.7. The van der Waals surface area contributed by atoms with Gasteiger partial charge in [-0.05, 0) is 45.8 Å². The molecule has 0 aliphatic rings. The van der Waals surface area contributed by atoms with E-state index < -0.39 is 5.92 Å². The maximum atomic E-state index is 12.7. The van der Waals surface area contributed by atoms with Gasteiger partial charge < -0.3 is 4.74 Å². The third-order valence-corrected chi connectivity index (χ3v) is 4.62. The van der Waals surface area contributed by atoms with Gasteiger partial charge in [0.1, 0.15) is 5.25 Å². The van der Waals surface area contributed by atoms with Crippen LogP contribution < -0.4 is 0 Å². The molecule has 5 heteroatoms. The molecule has 0 radical (unpaired) electrons. The average molecular weight is 339 g/mol. The van der Waals surface area contributed by atoms with Gasteiger partial charge in [0, 0.05) is 6.42 Å². The molecule has 0 N–H and O–H groups in total. The first-order valence-corrected chi connectivity index (χ1v) is 9.51. The highest BCUT2D eigenvalue weighted by Crippen LogP contribution is 2.24. The standard InChI is InChI=1S/C17H32F2O2S/c1-5-6-8-11-15(16(20)21-14(2)3)22-13-10-7-9-12-17(4,18)19/h14-15H,5-13H2,1-4H3. The number of carbonyl (C=O) groups excluding carboxylic acids is 1. The van der Waals surface area contributed by atoms with Gasteiger partial charge in [0.25, 0.3) is 0 Å². The number of esters is 1. The Hall–Kier alpha value is -0.320. The summed E-state index contributed by atoms with van der Waals surface area (Å²) in [5.74, 6) is -1.85. The number of hydrogen-bond donors (Lipinski definition) is 0. The summed E-state index contributed by atoms with van der Waals surface area (Å²) >= 11 is 1.62. The lowest BCUT2D eigenvalue weighted by Crippen LogP contribution is -2.24. The van der Waals surface area contributed by atoms with Crippen LogP contribution in [0.25, 0.3) is 0 Å². The zero-order valence-corrected chi connectivity index (χ0v) is 15.3. The van der Waals surface area contributed by atoms with E-state index in [-0.39, 0.29) is 23.7 Å². The van der Waals surface area contributed by atoms with Crippen molar-refractivity contribution >= 4 is 17.7 Å². The molecule has 0 heterocycles. The van der Waals surface area contributed by atoms with Crippen LogP contribution >= 0.6 is 11.8 Å². The van der Waals surface area contributed by atoms with Crippen LogP contribution in [0.2, 0.25) is 0 Å². The first-order valence-electron chi connectivity index (χ1n) is 8.46. The second-order valence-corrected chi connectivity index (χ2v) is 7.53. The molecule has 0 aromatic heterocycles. The molecular weight excluding hydrogens is 306 g/mol. The Balaban J connectivity index is 3.99. The number of unbranched alkanes of at least 4 members (excludes halogenated alkanes) is 4. The van der Waals surface area contributed by atoms with E-state index >= 15 is 0 Å². The van der Waals surface area contributed by atoms with Crippen molar-refractivity contribution in [3.8, 4) is 0 Å². The van der Waals surface area contributed by atoms with E-state index in [1.165, 1.54) is 0 Å². The number of ether oxygens (including phenoxy) is 1. The minimum Gasteiger partial charge on any atom is -0.462 e. The first-order chi connectivity index (χ1) is 10.3. The van der Waals surface area contributed by atoms with E-state index in [0.29, 0.717) is 6.42 Å². The highest BCUT2D eigenvalue weighted by molar-refractivity contribution is 8.00. The molecule has 0 bridgehead atoms. The van der Waals surface area contributed by atoms with Gasteiger partial charge in [-0.15, -0.1) is 11.8 Å². The Morgan fingerprint density at radius 3 is 2.36 bits per heavy atom. The Kier molecular flexibility index (Phi) is 12.0. The normalized spacial score (nSPS) is 13.4. The molecule has 0 amide bonds. The number of hydrogen-bond acceptors (Lipinski definition) is 3. The first kappa shape index (κ1) is 21.7. The fourth-order valence-electron chi connectivity index (χ4n) is 2.10. The van der Waals surface area contributed by atoms with E-state index in [1.807, 2.05) is 13.8 Å². The molecule has 1 unspecified atom stereocenters. The van der Waals surface area contributed by atoms with E-state index in [4.69, 9.17) is 4.74 Å². The molecular formula is C17H32F2O2S. The predicted molar refractivity (Wildman–Crippen MR) is 90.7 cm³/mol. The van der Waals surface area contributed by atoms with Crippen LogP contribution in [-0.4, -0.2) is 29.0 Å². The number of rotatable bonds is 13. The lowest BCUT2D eigenvalue weighted by molar-refractivity contribution is -0.146. The second kappa shape index (κ2) is 12.1. The van der Waals surface area contributed by atoms with Crippen LogP contribution in [0.1, 0.15) is 79.1 Å². The smallest absolute Gasteiger partial charge is 0.319 e. The summed E-state index contributed by atoms with van der Waals surface area (Å²) in [7, 11) is 0. The summed E-state index contributed by atoms with van der Waals surface area (Å²) in [6.45, 7) is 6.82. The Morgan fingerprint density at radius 1 is 1.14 bits per heavy atom. The van der Waals surface area contributed by atoms with Crippen molar-refractivity contribution in [3.63, 3.8) is 0 Å². The summed E-state index contributed by atoms with van der Waals surface area (Å²) in [6.07, 6.45) is 6.19. The van der Waals surface area contributed by atoms with Crippen molar-refractivity contribution in [2.75, 3.05) is 5.75 Å². The van der Waals surface area contributed by atoms with E-state index in [1.54, 1.807) is 11.8 Å². The molecule has 0 aromatic rings. The van der Waals surface area contributed by atoms with Gasteiger partial charge in [0.05, 0.1) is 6.10 Å². The maximum Gasteiger partial charge on any atom is 0.319 e. The maximum absolute atomic E-state index is 12.7. The molecule has 0 fully saturated rings. The van der Waals surface area contributed by atoms with Gasteiger partial charge in [-0.3, -0.25) is 4.79 Å². The van der Waals surface area contributed by atoms with Crippen molar-refractivity contribution in [1.29, 1.82) is 0 Å². The molecule has 0 aromatic carbocycles. The topological polar surface area (TPSA) is 26.3 Å². The highest BCUT2D eigenvalue weighted by atomic mass is 32.2. The molecule has 1 atom stereocenters. The van der Waals surface area contributed by atoms with Crippen LogP contribution in [0.5, 0.6) is 0 Å². The van der Waals surface area contributed by atoms with Crippen LogP contribution in [0.3, 0.4) is 0 Å². The number of carbonyl (C=O) groups is 1. The van der Waals surface area contributed by atoms with Gasteiger partial charge in [-0.2, -0.15) is 0 Å². The highest BCUT2D eigenvalue weighted by Gasteiger charge is 2.22. The van der Waals surface area contributed by atoms with E-state index in [2.05, 4.69) is 6.92 Å². The Morgan fingerprint density at radius 2 is 1.82 bits per heavy atom. The minimum absolute atomic E-state index is 0.0486. The monoisotopic (exact) mass is 338 g/mol. The third kappa shape index (κ3) is 13.4. The average Bonchev–Trinajstić information content (AvgIpc) is 2.38. The quantitative estimate of drug-likeness (QED) is 0.312. The second-order valence-electron chi connectivity index (χ2n) is 6.22. The third-order valence-electron chi connectivity index (χ3n) is 3.26. The van der Waals surface area contributed by atoms with Crippen molar-refractivity contribution in [1.82, 2.24) is 0 Å². The van der Waals surface area contributed by atoms with Crippen LogP contribution in [0.4, 0.5) is 8.78 Å². The molecule has 0 spiro atoms. The van der Waals surface area contributed by atoms with Crippen LogP contribution in [0.15, 0.2) is 0 Å². The van der Waals surface area contributed by atoms with Crippen LogP contribution in [-0.2, 0) is 9.53 Å². The van der Waals surface area contributed by atoms with Crippen molar-refractivity contribution in [2.45, 2.75) is 96.3 Å². The molecule has 2 nitrogen and oxygen atoms in total. The summed E-state index contributed by atoms with van der Waals surface area (Å²) in [5.41, 5.74) is 0. The van der Waals surface area contributed by atoms with Gasteiger partial charge in [0.15, 0.2) is 0 Å². The number of alkyl halides is 2. The van der Waals surface area contributed by atoms with Gasteiger partial charge in [-0.25, -0.2) is 8.78 Å². The SMILES string of the molecule is CCCCCC(SCCCCCC(C)(F)F)C(=O)OC(C)C. The predicted octanol–water partition coefficient (Wildman–Crippen LogP) is 5.84. The molecule has 0 aliphatic carbocycles. The molecule has 132 valence electrons. The Bertz CT molecular complexity index is 291. The van der Waals surface area contributed by atoms with Crippen molar-refractivity contribution < 1.29 is 18.3 Å². The molecule has 22 heavy (non-hydrogen) atoms. The summed E-state index contributed by atoms with van der Waals surface area (Å²) in [6, 6.07) is 0. The minimum atomic E-state index is -2.56. The lowest BCUT2D eigenvalue weighted by atomic mass is 10.1. The van der Waals surface area contributed by atoms with Crippen LogP contribution in [0, 0.1) is 0 Å². The van der Waals surface area contributed by atoms with E-state index in [0.717, 1.165) is 51.2 Å². The summed E-state index contributed by atoms with van der Waals surface area (Å²) in [5, 5.41) is -0.110.